The van der Waals surface area contributed by atoms with E-state index in [0.29, 0.717) is 6.61 Å². The van der Waals surface area contributed by atoms with Gasteiger partial charge in [-0.05, 0) is 30.5 Å². The van der Waals surface area contributed by atoms with Gasteiger partial charge in [-0.2, -0.15) is 0 Å². The molecule has 2 aromatic rings. The van der Waals surface area contributed by atoms with Crippen LogP contribution in [-0.4, -0.2) is 48.1 Å². The highest BCUT2D eigenvalue weighted by Crippen LogP contribution is 2.49. The Hall–Kier alpha value is -1.82. The summed E-state index contributed by atoms with van der Waals surface area (Å²) < 4.78 is 5.87. The molecular formula is C20H25Cl2N3O2. The second kappa shape index (κ2) is 9.40. The maximum Gasteiger partial charge on any atom is 0.233 e. The van der Waals surface area contributed by atoms with Crippen LogP contribution in [0.1, 0.15) is 18.4 Å². The number of ether oxygens (including phenoxy) is 1. The average Bonchev–Trinajstić information content (AvgIpc) is 3.50. The van der Waals surface area contributed by atoms with E-state index in [1.165, 1.54) is 0 Å². The number of carbonyl (C=O) groups excluding carboxylic acids is 1. The summed E-state index contributed by atoms with van der Waals surface area (Å²) in [7, 11) is 0. The van der Waals surface area contributed by atoms with Gasteiger partial charge in [-0.25, -0.2) is 0 Å². The molecule has 1 N–H and O–H groups in total. The maximum atomic E-state index is 13.3. The molecule has 1 aliphatic carbocycles. The molecule has 1 atom stereocenters. The van der Waals surface area contributed by atoms with E-state index in [2.05, 4.69) is 22.4 Å². The topological polar surface area (TPSA) is 54.5 Å². The number of amides is 1. The van der Waals surface area contributed by atoms with E-state index in [4.69, 9.17) is 4.74 Å². The minimum Gasteiger partial charge on any atom is -0.490 e. The zero-order valence-corrected chi connectivity index (χ0v) is 16.7. The standard InChI is InChI=1S/C20H23N3O2.2ClH/c24-19(20(8-9-20)16-5-2-1-3-6-16)23-12-11-22-13-17(23)15-25-18-7-4-10-21-14-18;;/h1-7,10,14,17,22H,8-9,11-13,15H2;2*1H. The van der Waals surface area contributed by atoms with Crippen LogP contribution >= 0.6 is 24.8 Å². The molecule has 1 saturated heterocycles. The molecule has 27 heavy (non-hydrogen) atoms. The first kappa shape index (κ1) is 21.5. The second-order valence-corrected chi connectivity index (χ2v) is 6.80. The van der Waals surface area contributed by atoms with Gasteiger partial charge in [0, 0.05) is 25.8 Å². The van der Waals surface area contributed by atoms with E-state index in [9.17, 15) is 4.79 Å². The van der Waals surface area contributed by atoms with Crippen molar-refractivity contribution in [3.63, 3.8) is 0 Å². The lowest BCUT2D eigenvalue weighted by Gasteiger charge is -2.38. The van der Waals surface area contributed by atoms with Crippen molar-refractivity contribution in [2.45, 2.75) is 24.3 Å². The molecule has 2 aliphatic rings. The zero-order chi connectivity index (χ0) is 17.1. The molecule has 5 nitrogen and oxygen atoms in total. The largest absolute Gasteiger partial charge is 0.490 e. The SMILES string of the molecule is Cl.Cl.O=C(N1CCNCC1COc1cccnc1)C1(c2ccccc2)CC1. The molecule has 1 amide bonds. The van der Waals surface area contributed by atoms with Gasteiger partial charge in [-0.1, -0.05) is 30.3 Å². The Bertz CT molecular complexity index is 727. The quantitative estimate of drug-likeness (QED) is 0.824. The first-order valence-corrected chi connectivity index (χ1v) is 8.90. The fourth-order valence-corrected chi connectivity index (χ4v) is 3.59. The van der Waals surface area contributed by atoms with Crippen LogP contribution < -0.4 is 10.1 Å². The number of carbonyl (C=O) groups is 1. The minimum absolute atomic E-state index is 0. The van der Waals surface area contributed by atoms with Crippen molar-refractivity contribution in [2.24, 2.45) is 0 Å². The number of piperazine rings is 1. The van der Waals surface area contributed by atoms with Crippen molar-refractivity contribution in [3.05, 3.63) is 60.4 Å². The van der Waals surface area contributed by atoms with Crippen molar-refractivity contribution in [1.82, 2.24) is 15.2 Å². The number of hydrogen-bond donors (Lipinski definition) is 1. The number of nitrogens with one attached hydrogen (secondary N) is 1. The minimum atomic E-state index is -0.314. The molecule has 2 fully saturated rings. The molecule has 4 rings (SSSR count). The van der Waals surface area contributed by atoms with Crippen LogP contribution in [0.2, 0.25) is 0 Å². The predicted molar refractivity (Wildman–Crippen MR) is 110 cm³/mol. The van der Waals surface area contributed by atoms with Crippen LogP contribution in [0.15, 0.2) is 54.9 Å². The Labute approximate surface area is 172 Å². The Morgan fingerprint density at radius 2 is 1.96 bits per heavy atom. The first-order valence-electron chi connectivity index (χ1n) is 8.90. The number of nitrogens with zero attached hydrogens (tertiary/aromatic N) is 2. The molecule has 1 aromatic heterocycles. The molecule has 1 unspecified atom stereocenters. The van der Waals surface area contributed by atoms with Gasteiger partial charge in [-0.15, -0.1) is 24.8 Å². The van der Waals surface area contributed by atoms with Gasteiger partial charge in [0.1, 0.15) is 12.4 Å². The third kappa shape index (κ3) is 4.54. The van der Waals surface area contributed by atoms with Crippen LogP contribution in [0, 0.1) is 0 Å². The summed E-state index contributed by atoms with van der Waals surface area (Å²) in [6.07, 6.45) is 5.31. The van der Waals surface area contributed by atoms with Gasteiger partial charge in [0.05, 0.1) is 17.7 Å². The van der Waals surface area contributed by atoms with E-state index >= 15 is 0 Å². The van der Waals surface area contributed by atoms with Crippen LogP contribution in [-0.2, 0) is 10.2 Å². The summed E-state index contributed by atoms with van der Waals surface area (Å²) >= 11 is 0. The van der Waals surface area contributed by atoms with Gasteiger partial charge in [0.25, 0.3) is 0 Å². The lowest BCUT2D eigenvalue weighted by Crippen LogP contribution is -2.58. The second-order valence-electron chi connectivity index (χ2n) is 6.80. The van der Waals surface area contributed by atoms with Gasteiger partial charge in [0.15, 0.2) is 0 Å². The van der Waals surface area contributed by atoms with Crippen LogP contribution in [0.3, 0.4) is 0 Å². The lowest BCUT2D eigenvalue weighted by atomic mass is 9.93. The summed E-state index contributed by atoms with van der Waals surface area (Å²) in [5.41, 5.74) is 0.830. The van der Waals surface area contributed by atoms with Crippen molar-refractivity contribution in [3.8, 4) is 5.75 Å². The number of rotatable bonds is 5. The zero-order valence-electron chi connectivity index (χ0n) is 15.0. The molecule has 7 heteroatoms. The summed E-state index contributed by atoms with van der Waals surface area (Å²) in [5, 5.41) is 3.38. The number of hydrogen-bond acceptors (Lipinski definition) is 4. The predicted octanol–water partition coefficient (Wildman–Crippen LogP) is 2.84. The van der Waals surface area contributed by atoms with E-state index in [1.54, 1.807) is 12.4 Å². The first-order chi connectivity index (χ1) is 12.3. The Kier molecular flexibility index (Phi) is 7.48. The van der Waals surface area contributed by atoms with Gasteiger partial charge in [-0.3, -0.25) is 9.78 Å². The summed E-state index contributed by atoms with van der Waals surface area (Å²) in [4.78, 5) is 19.4. The van der Waals surface area contributed by atoms with Crippen LogP contribution in [0.25, 0.3) is 0 Å². The molecule has 2 heterocycles. The van der Waals surface area contributed by atoms with Crippen LogP contribution in [0.5, 0.6) is 5.75 Å². The molecular weight excluding hydrogens is 385 g/mol. The maximum absolute atomic E-state index is 13.3. The molecule has 0 radical (unpaired) electrons. The monoisotopic (exact) mass is 409 g/mol. The Balaban J connectivity index is 0.00000131. The summed E-state index contributed by atoms with van der Waals surface area (Å²) in [6.45, 7) is 2.81. The fraction of sp³-hybridized carbons (Fsp3) is 0.400. The molecule has 0 bridgehead atoms. The van der Waals surface area contributed by atoms with Gasteiger partial charge in [0.2, 0.25) is 5.91 Å². The van der Waals surface area contributed by atoms with Gasteiger partial charge >= 0.3 is 0 Å². The van der Waals surface area contributed by atoms with Crippen molar-refractivity contribution in [1.29, 1.82) is 0 Å². The highest BCUT2D eigenvalue weighted by molar-refractivity contribution is 5.91. The van der Waals surface area contributed by atoms with E-state index in [1.807, 2.05) is 35.2 Å². The summed E-state index contributed by atoms with van der Waals surface area (Å²) in [6, 6.07) is 14.0. The molecule has 146 valence electrons. The van der Waals surface area contributed by atoms with E-state index < -0.39 is 0 Å². The third-order valence-electron chi connectivity index (χ3n) is 5.17. The number of aromatic nitrogens is 1. The van der Waals surface area contributed by atoms with Crippen LogP contribution in [0.4, 0.5) is 0 Å². The normalized spacial score (nSPS) is 20.0. The molecule has 1 aliphatic heterocycles. The Morgan fingerprint density at radius 3 is 2.63 bits per heavy atom. The number of pyridine rings is 1. The highest BCUT2D eigenvalue weighted by Gasteiger charge is 2.54. The molecule has 1 aromatic carbocycles. The third-order valence-corrected chi connectivity index (χ3v) is 5.17. The molecule has 0 spiro atoms. The highest BCUT2D eigenvalue weighted by atomic mass is 35.5. The van der Waals surface area contributed by atoms with E-state index in [-0.39, 0.29) is 42.2 Å². The lowest BCUT2D eigenvalue weighted by molar-refractivity contribution is -0.138. The molecule has 1 saturated carbocycles. The van der Waals surface area contributed by atoms with Crippen molar-refractivity contribution < 1.29 is 9.53 Å². The Morgan fingerprint density at radius 1 is 1.19 bits per heavy atom. The average molecular weight is 410 g/mol. The number of halogens is 2. The summed E-state index contributed by atoms with van der Waals surface area (Å²) in [5.74, 6) is 0.990. The fourth-order valence-electron chi connectivity index (χ4n) is 3.59. The van der Waals surface area contributed by atoms with Crippen molar-refractivity contribution >= 4 is 30.7 Å². The number of benzene rings is 1. The smallest absolute Gasteiger partial charge is 0.233 e. The van der Waals surface area contributed by atoms with Gasteiger partial charge < -0.3 is 15.0 Å². The van der Waals surface area contributed by atoms with E-state index in [0.717, 1.165) is 43.8 Å². The van der Waals surface area contributed by atoms with Crippen molar-refractivity contribution in [2.75, 3.05) is 26.2 Å².